The Balaban J connectivity index is 1.92. The summed E-state index contributed by atoms with van der Waals surface area (Å²) in [4.78, 5) is 26.4. The first-order chi connectivity index (χ1) is 10.0. The third kappa shape index (κ3) is 3.58. The molecule has 0 aromatic carbocycles. The second kappa shape index (κ2) is 6.80. The van der Waals surface area contributed by atoms with E-state index in [1.54, 1.807) is 4.90 Å². The minimum Gasteiger partial charge on any atom is -0.340 e. The molecule has 120 valence electrons. The predicted molar refractivity (Wildman–Crippen MR) is 83.8 cm³/mol. The molecular formula is C17H30N2O2. The zero-order valence-electron chi connectivity index (χ0n) is 13.8. The Labute approximate surface area is 128 Å². The smallest absolute Gasteiger partial charge is 0.248 e. The van der Waals surface area contributed by atoms with Crippen LogP contribution in [-0.4, -0.2) is 35.3 Å². The van der Waals surface area contributed by atoms with Crippen LogP contribution in [0, 0.1) is 11.8 Å². The van der Waals surface area contributed by atoms with Gasteiger partial charge in [-0.15, -0.1) is 0 Å². The van der Waals surface area contributed by atoms with Gasteiger partial charge in [0.1, 0.15) is 5.54 Å². The van der Waals surface area contributed by atoms with Crippen molar-refractivity contribution in [3.05, 3.63) is 0 Å². The molecule has 2 fully saturated rings. The lowest BCUT2D eigenvalue weighted by molar-refractivity contribution is -0.150. The van der Waals surface area contributed by atoms with E-state index < -0.39 is 5.54 Å². The third-order valence-corrected chi connectivity index (χ3v) is 5.56. The summed E-state index contributed by atoms with van der Waals surface area (Å²) in [7, 11) is 0. The summed E-state index contributed by atoms with van der Waals surface area (Å²) in [5.41, 5.74) is -0.656. The highest BCUT2D eigenvalue weighted by Crippen LogP contribution is 2.31. The Morgan fingerprint density at radius 2 is 1.76 bits per heavy atom. The average molecular weight is 294 g/mol. The molecule has 0 unspecified atom stereocenters. The second-order valence-corrected chi connectivity index (χ2v) is 6.98. The van der Waals surface area contributed by atoms with Gasteiger partial charge in [0.25, 0.3) is 0 Å². The molecule has 1 aliphatic carbocycles. The van der Waals surface area contributed by atoms with Gasteiger partial charge in [-0.1, -0.05) is 46.5 Å². The molecule has 1 saturated carbocycles. The molecule has 2 aliphatic rings. The maximum Gasteiger partial charge on any atom is 0.248 e. The van der Waals surface area contributed by atoms with Gasteiger partial charge in [0.15, 0.2) is 0 Å². The van der Waals surface area contributed by atoms with Gasteiger partial charge in [-0.3, -0.25) is 9.59 Å². The molecule has 2 rings (SSSR count). The van der Waals surface area contributed by atoms with Gasteiger partial charge in [-0.25, -0.2) is 0 Å². The Kier molecular flexibility index (Phi) is 5.28. The van der Waals surface area contributed by atoms with E-state index in [1.807, 2.05) is 13.8 Å². The number of hydrogen-bond donors (Lipinski definition) is 1. The van der Waals surface area contributed by atoms with Crippen LogP contribution >= 0.6 is 0 Å². The second-order valence-electron chi connectivity index (χ2n) is 6.98. The number of piperazine rings is 1. The zero-order valence-corrected chi connectivity index (χ0v) is 13.8. The topological polar surface area (TPSA) is 49.4 Å². The maximum absolute atomic E-state index is 12.7. The molecule has 21 heavy (non-hydrogen) atoms. The Morgan fingerprint density at radius 1 is 1.14 bits per heavy atom. The van der Waals surface area contributed by atoms with Crippen molar-refractivity contribution < 1.29 is 9.59 Å². The van der Waals surface area contributed by atoms with Gasteiger partial charge in [0.05, 0.1) is 6.54 Å². The highest BCUT2D eigenvalue weighted by Gasteiger charge is 2.43. The van der Waals surface area contributed by atoms with Crippen molar-refractivity contribution in [1.82, 2.24) is 10.2 Å². The van der Waals surface area contributed by atoms with E-state index in [4.69, 9.17) is 0 Å². The molecule has 0 aromatic heterocycles. The first-order valence-corrected chi connectivity index (χ1v) is 8.61. The quantitative estimate of drug-likeness (QED) is 0.847. The van der Waals surface area contributed by atoms with Gasteiger partial charge in [0.2, 0.25) is 11.8 Å². The number of rotatable bonds is 5. The fraction of sp³-hybridized carbons (Fsp3) is 0.882. The molecule has 0 atom stereocenters. The van der Waals surface area contributed by atoms with Crippen LogP contribution in [0.4, 0.5) is 0 Å². The molecule has 2 amide bonds. The van der Waals surface area contributed by atoms with Crippen LogP contribution in [0.25, 0.3) is 0 Å². The van der Waals surface area contributed by atoms with E-state index >= 15 is 0 Å². The molecule has 0 bridgehead atoms. The van der Waals surface area contributed by atoms with E-state index in [0.717, 1.165) is 24.8 Å². The Morgan fingerprint density at radius 3 is 2.33 bits per heavy atom. The molecule has 0 aromatic rings. The highest BCUT2D eigenvalue weighted by molar-refractivity contribution is 5.97. The van der Waals surface area contributed by atoms with E-state index in [1.165, 1.54) is 25.7 Å². The lowest BCUT2D eigenvalue weighted by atomic mass is 9.81. The van der Waals surface area contributed by atoms with Gasteiger partial charge in [0, 0.05) is 6.54 Å². The van der Waals surface area contributed by atoms with Gasteiger partial charge < -0.3 is 10.2 Å². The van der Waals surface area contributed by atoms with Crippen molar-refractivity contribution in [3.63, 3.8) is 0 Å². The largest absolute Gasteiger partial charge is 0.340 e. The molecule has 1 aliphatic heterocycles. The van der Waals surface area contributed by atoms with Crippen molar-refractivity contribution in [1.29, 1.82) is 0 Å². The van der Waals surface area contributed by atoms with Gasteiger partial charge in [-0.2, -0.15) is 0 Å². The summed E-state index contributed by atoms with van der Waals surface area (Å²) >= 11 is 0. The lowest BCUT2D eigenvalue weighted by Gasteiger charge is -2.41. The number of nitrogens with zero attached hydrogens (tertiary/aromatic N) is 1. The van der Waals surface area contributed by atoms with Gasteiger partial charge >= 0.3 is 0 Å². The monoisotopic (exact) mass is 294 g/mol. The van der Waals surface area contributed by atoms with Crippen molar-refractivity contribution in [2.45, 2.75) is 71.3 Å². The van der Waals surface area contributed by atoms with Crippen LogP contribution in [0.1, 0.15) is 65.7 Å². The highest BCUT2D eigenvalue weighted by atomic mass is 16.2. The lowest BCUT2D eigenvalue weighted by Crippen LogP contribution is -2.66. The maximum atomic E-state index is 12.7. The number of carbonyl (C=O) groups excluding carboxylic acids is 2. The number of amides is 2. The molecule has 0 radical (unpaired) electrons. The minimum absolute atomic E-state index is 0.00411. The molecule has 0 spiro atoms. The first-order valence-electron chi connectivity index (χ1n) is 8.61. The van der Waals surface area contributed by atoms with Crippen molar-refractivity contribution in [2.75, 3.05) is 13.1 Å². The zero-order chi connectivity index (χ0) is 15.5. The summed E-state index contributed by atoms with van der Waals surface area (Å²) in [6.45, 7) is 7.27. The average Bonchev–Trinajstić information content (AvgIpc) is 2.49. The van der Waals surface area contributed by atoms with E-state index in [2.05, 4.69) is 12.2 Å². The molecule has 4 heteroatoms. The van der Waals surface area contributed by atoms with Crippen LogP contribution in [0.2, 0.25) is 0 Å². The fourth-order valence-corrected chi connectivity index (χ4v) is 3.77. The fourth-order valence-electron chi connectivity index (χ4n) is 3.77. The predicted octanol–water partition coefficient (Wildman–Crippen LogP) is 2.72. The van der Waals surface area contributed by atoms with E-state index in [0.29, 0.717) is 12.8 Å². The summed E-state index contributed by atoms with van der Waals surface area (Å²) < 4.78 is 0. The van der Waals surface area contributed by atoms with Gasteiger partial charge in [-0.05, 0) is 31.1 Å². The summed E-state index contributed by atoms with van der Waals surface area (Å²) in [6.07, 6.45) is 7.58. The molecule has 1 heterocycles. The van der Waals surface area contributed by atoms with Crippen LogP contribution in [0.3, 0.4) is 0 Å². The summed E-state index contributed by atoms with van der Waals surface area (Å²) in [5.74, 6) is 1.71. The summed E-state index contributed by atoms with van der Waals surface area (Å²) in [6, 6.07) is 0. The standard InChI is InChI=1S/C17H30N2O2/c1-4-17(5-2)16(21)19(12-15(20)18-17)11-10-14-8-6-13(3)7-9-14/h13-14H,4-12H2,1-3H3,(H,18,20). The van der Waals surface area contributed by atoms with E-state index in [-0.39, 0.29) is 18.4 Å². The third-order valence-electron chi connectivity index (χ3n) is 5.56. The molecule has 4 nitrogen and oxygen atoms in total. The van der Waals surface area contributed by atoms with Crippen LogP contribution in [0.15, 0.2) is 0 Å². The SMILES string of the molecule is CCC1(CC)NC(=O)CN(CCC2CCC(C)CC2)C1=O. The number of hydrogen-bond acceptors (Lipinski definition) is 2. The van der Waals surface area contributed by atoms with Crippen LogP contribution < -0.4 is 5.32 Å². The minimum atomic E-state index is -0.656. The van der Waals surface area contributed by atoms with Crippen molar-refractivity contribution in [2.24, 2.45) is 11.8 Å². The molecule has 1 N–H and O–H groups in total. The van der Waals surface area contributed by atoms with Crippen molar-refractivity contribution >= 4 is 11.8 Å². The van der Waals surface area contributed by atoms with Crippen molar-refractivity contribution in [3.8, 4) is 0 Å². The first kappa shape index (κ1) is 16.3. The van der Waals surface area contributed by atoms with Crippen LogP contribution in [-0.2, 0) is 9.59 Å². The number of nitrogens with one attached hydrogen (secondary N) is 1. The normalized spacial score (nSPS) is 29.4. The Bertz CT molecular complexity index is 382. The molecular weight excluding hydrogens is 264 g/mol. The number of carbonyl (C=O) groups is 2. The van der Waals surface area contributed by atoms with Crippen LogP contribution in [0.5, 0.6) is 0 Å². The van der Waals surface area contributed by atoms with E-state index in [9.17, 15) is 9.59 Å². The Hall–Kier alpha value is -1.06. The summed E-state index contributed by atoms with van der Waals surface area (Å²) in [5, 5.41) is 2.92. The molecule has 1 saturated heterocycles.